The van der Waals surface area contributed by atoms with Crippen molar-refractivity contribution in [3.8, 4) is 0 Å². The second-order valence-corrected chi connectivity index (χ2v) is 5.80. The van der Waals surface area contributed by atoms with Crippen LogP contribution in [0.2, 0.25) is 0 Å². The van der Waals surface area contributed by atoms with Crippen LogP contribution in [-0.2, 0) is 0 Å². The predicted molar refractivity (Wildman–Crippen MR) is 83.8 cm³/mol. The molecule has 0 aliphatic carbocycles. The van der Waals surface area contributed by atoms with Crippen molar-refractivity contribution in [1.82, 2.24) is 0 Å². The van der Waals surface area contributed by atoms with E-state index >= 15 is 0 Å². The number of hydrogen-bond acceptors (Lipinski definition) is 3. The van der Waals surface area contributed by atoms with E-state index in [-0.39, 0.29) is 0 Å². The van der Waals surface area contributed by atoms with Gasteiger partial charge < -0.3 is 16.4 Å². The molecule has 2 rings (SSSR count). The molecule has 4 N–H and O–H groups in total. The highest BCUT2D eigenvalue weighted by atomic mass is 16.1. The Bertz CT molecular complexity index is 484. The largest absolute Gasteiger partial charge is 0.396 e. The molecule has 20 heavy (non-hydrogen) atoms. The standard InChI is InChI=1S/C16H25N3O/c1-3-16(4-2)8-10-19(11-9-16)13-7-5-6-12(14(13)17)15(18)20/h5-7H,3-4,8-11,17H2,1-2H3,(H2,18,20). The summed E-state index contributed by atoms with van der Waals surface area (Å²) in [5, 5.41) is 0. The Labute approximate surface area is 121 Å². The first-order valence-corrected chi connectivity index (χ1v) is 7.46. The number of carbonyl (C=O) groups excluding carboxylic acids is 1. The molecule has 1 amide bonds. The number of primary amides is 1. The molecular weight excluding hydrogens is 250 g/mol. The van der Waals surface area contributed by atoms with E-state index in [9.17, 15) is 4.79 Å². The number of carbonyl (C=O) groups is 1. The van der Waals surface area contributed by atoms with Gasteiger partial charge in [0.25, 0.3) is 5.91 Å². The number of piperidine rings is 1. The van der Waals surface area contributed by atoms with Crippen LogP contribution in [0.4, 0.5) is 11.4 Å². The van der Waals surface area contributed by atoms with Crippen LogP contribution in [0, 0.1) is 5.41 Å². The van der Waals surface area contributed by atoms with Gasteiger partial charge in [-0.1, -0.05) is 32.8 Å². The van der Waals surface area contributed by atoms with Crippen molar-refractivity contribution in [3.63, 3.8) is 0 Å². The molecule has 1 aliphatic rings. The van der Waals surface area contributed by atoms with Gasteiger partial charge in [0.1, 0.15) is 0 Å². The SMILES string of the molecule is CCC1(CC)CCN(c2cccc(C(N)=O)c2N)CC1. The Kier molecular flexibility index (Phi) is 4.21. The first-order valence-electron chi connectivity index (χ1n) is 7.46. The fraction of sp³-hybridized carbons (Fsp3) is 0.562. The van der Waals surface area contributed by atoms with Crippen LogP contribution >= 0.6 is 0 Å². The maximum atomic E-state index is 11.4. The molecule has 1 aliphatic heterocycles. The van der Waals surface area contributed by atoms with Gasteiger partial charge in [-0.15, -0.1) is 0 Å². The lowest BCUT2D eigenvalue weighted by Crippen LogP contribution is -2.40. The molecule has 0 bridgehead atoms. The van der Waals surface area contributed by atoms with Crippen molar-refractivity contribution >= 4 is 17.3 Å². The van der Waals surface area contributed by atoms with Crippen LogP contribution in [0.3, 0.4) is 0 Å². The van der Waals surface area contributed by atoms with Gasteiger partial charge in [0.15, 0.2) is 0 Å². The Balaban J connectivity index is 2.19. The summed E-state index contributed by atoms with van der Waals surface area (Å²) in [4.78, 5) is 13.7. The highest BCUT2D eigenvalue weighted by Gasteiger charge is 2.31. The van der Waals surface area contributed by atoms with Gasteiger partial charge in [-0.25, -0.2) is 0 Å². The Morgan fingerprint density at radius 3 is 2.35 bits per heavy atom. The van der Waals surface area contributed by atoms with Crippen LogP contribution in [0.1, 0.15) is 49.9 Å². The minimum atomic E-state index is -0.460. The molecule has 1 aromatic rings. The number of hydrogen-bond donors (Lipinski definition) is 2. The van der Waals surface area contributed by atoms with E-state index in [2.05, 4.69) is 18.7 Å². The van der Waals surface area contributed by atoms with Gasteiger partial charge in [-0.05, 0) is 30.4 Å². The number of nitrogens with zero attached hydrogens (tertiary/aromatic N) is 1. The molecule has 110 valence electrons. The fourth-order valence-corrected chi connectivity index (χ4v) is 3.22. The summed E-state index contributed by atoms with van der Waals surface area (Å²) in [6.45, 7) is 6.55. The topological polar surface area (TPSA) is 72.3 Å². The average Bonchev–Trinajstić information content (AvgIpc) is 2.47. The maximum Gasteiger partial charge on any atom is 0.250 e. The van der Waals surface area contributed by atoms with E-state index in [1.165, 1.54) is 25.7 Å². The highest BCUT2D eigenvalue weighted by molar-refractivity contribution is 6.00. The third-order valence-corrected chi connectivity index (χ3v) is 5.01. The Morgan fingerprint density at radius 2 is 1.85 bits per heavy atom. The molecule has 1 fully saturated rings. The number of rotatable bonds is 4. The lowest BCUT2D eigenvalue weighted by molar-refractivity contribution is 0.100. The number of para-hydroxylation sites is 1. The van der Waals surface area contributed by atoms with Crippen molar-refractivity contribution in [1.29, 1.82) is 0 Å². The predicted octanol–water partition coefficient (Wildman–Crippen LogP) is 2.77. The monoisotopic (exact) mass is 275 g/mol. The molecule has 4 heteroatoms. The first kappa shape index (κ1) is 14.7. The van der Waals surface area contributed by atoms with Gasteiger partial charge in [-0.2, -0.15) is 0 Å². The lowest BCUT2D eigenvalue weighted by Gasteiger charge is -2.42. The van der Waals surface area contributed by atoms with Gasteiger partial charge in [-0.3, -0.25) is 4.79 Å². The Hall–Kier alpha value is -1.71. The lowest BCUT2D eigenvalue weighted by atomic mass is 9.74. The number of nitrogens with two attached hydrogens (primary N) is 2. The quantitative estimate of drug-likeness (QED) is 0.830. The fourth-order valence-electron chi connectivity index (χ4n) is 3.22. The van der Waals surface area contributed by atoms with Gasteiger partial charge in [0.2, 0.25) is 0 Å². The molecule has 0 radical (unpaired) electrons. The Morgan fingerprint density at radius 1 is 1.25 bits per heavy atom. The van der Waals surface area contributed by atoms with E-state index < -0.39 is 5.91 Å². The van der Waals surface area contributed by atoms with Crippen LogP contribution in [0.25, 0.3) is 0 Å². The van der Waals surface area contributed by atoms with Crippen LogP contribution in [-0.4, -0.2) is 19.0 Å². The van der Waals surface area contributed by atoms with Crippen LogP contribution in [0.15, 0.2) is 18.2 Å². The summed E-state index contributed by atoms with van der Waals surface area (Å²) < 4.78 is 0. The molecule has 0 aromatic heterocycles. The minimum Gasteiger partial charge on any atom is -0.396 e. The molecule has 0 atom stereocenters. The maximum absolute atomic E-state index is 11.4. The summed E-state index contributed by atoms with van der Waals surface area (Å²) >= 11 is 0. The summed E-state index contributed by atoms with van der Waals surface area (Å²) in [7, 11) is 0. The summed E-state index contributed by atoms with van der Waals surface area (Å²) in [6.07, 6.45) is 4.82. The van der Waals surface area contributed by atoms with Gasteiger partial charge in [0.05, 0.1) is 16.9 Å². The number of nitrogen functional groups attached to an aromatic ring is 1. The molecule has 1 heterocycles. The van der Waals surface area contributed by atoms with Gasteiger partial charge in [0, 0.05) is 13.1 Å². The molecule has 0 unspecified atom stereocenters. The van der Waals surface area contributed by atoms with Crippen molar-refractivity contribution in [2.45, 2.75) is 39.5 Å². The summed E-state index contributed by atoms with van der Waals surface area (Å²) in [5.74, 6) is -0.460. The molecule has 4 nitrogen and oxygen atoms in total. The summed E-state index contributed by atoms with van der Waals surface area (Å²) in [6, 6.07) is 5.52. The van der Waals surface area contributed by atoms with Crippen molar-refractivity contribution < 1.29 is 4.79 Å². The zero-order chi connectivity index (χ0) is 14.8. The van der Waals surface area contributed by atoms with Crippen LogP contribution < -0.4 is 16.4 Å². The normalized spacial score (nSPS) is 18.0. The van der Waals surface area contributed by atoms with Crippen molar-refractivity contribution in [2.75, 3.05) is 23.7 Å². The average molecular weight is 275 g/mol. The van der Waals surface area contributed by atoms with E-state index in [1.807, 2.05) is 12.1 Å². The molecule has 0 spiro atoms. The molecular formula is C16H25N3O. The minimum absolute atomic E-state index is 0.422. The zero-order valence-corrected chi connectivity index (χ0v) is 12.5. The third-order valence-electron chi connectivity index (χ3n) is 5.01. The van der Waals surface area contributed by atoms with E-state index in [0.717, 1.165) is 18.8 Å². The van der Waals surface area contributed by atoms with E-state index in [0.29, 0.717) is 16.7 Å². The van der Waals surface area contributed by atoms with E-state index in [1.54, 1.807) is 6.07 Å². The molecule has 0 saturated carbocycles. The third kappa shape index (κ3) is 2.60. The van der Waals surface area contributed by atoms with E-state index in [4.69, 9.17) is 11.5 Å². The van der Waals surface area contributed by atoms with Gasteiger partial charge >= 0.3 is 0 Å². The van der Waals surface area contributed by atoms with Crippen molar-refractivity contribution in [2.24, 2.45) is 11.1 Å². The molecule has 1 saturated heterocycles. The number of benzene rings is 1. The second kappa shape index (κ2) is 5.73. The first-order chi connectivity index (χ1) is 9.53. The van der Waals surface area contributed by atoms with Crippen molar-refractivity contribution in [3.05, 3.63) is 23.8 Å². The highest BCUT2D eigenvalue weighted by Crippen LogP contribution is 2.40. The smallest absolute Gasteiger partial charge is 0.250 e. The number of anilines is 2. The second-order valence-electron chi connectivity index (χ2n) is 5.80. The number of amides is 1. The van der Waals surface area contributed by atoms with Crippen LogP contribution in [0.5, 0.6) is 0 Å². The molecule has 1 aromatic carbocycles. The summed E-state index contributed by atoms with van der Waals surface area (Å²) in [5.41, 5.74) is 13.8. The zero-order valence-electron chi connectivity index (χ0n) is 12.5.